The molecule has 0 heterocycles. The number of carbonyl (C=O) groups is 10. The quantitative estimate of drug-likeness (QED) is 0.00930. The van der Waals surface area contributed by atoms with Gasteiger partial charge in [-0.3, -0.25) is 47.9 Å². The van der Waals surface area contributed by atoms with Crippen LogP contribution in [0.5, 0.6) is 0 Å². The van der Waals surface area contributed by atoms with Crippen molar-refractivity contribution in [2.75, 3.05) is 249 Å². The largest absolute Gasteiger partial charge is 0.463 e. The maximum absolute atomic E-state index is 17.0. The van der Waals surface area contributed by atoms with Crippen LogP contribution in [0.15, 0.2) is 5.11 Å². The molecule has 0 aromatic heterocycles. The summed E-state index contributed by atoms with van der Waals surface area (Å²) in [5.41, 5.74) is -13.2. The minimum Gasteiger partial charge on any atom is -0.463 e. The molecule has 0 bridgehead atoms. The molecule has 0 amide bonds. The average molecular weight is 2150 g/mol. The number of rotatable bonds is 87. The summed E-state index contributed by atoms with van der Waals surface area (Å²) in [7, 11) is 0. The van der Waals surface area contributed by atoms with Crippen molar-refractivity contribution in [3.05, 3.63) is 10.4 Å². The van der Waals surface area contributed by atoms with Crippen LogP contribution in [0.2, 0.25) is 0 Å². The maximum atomic E-state index is 17.0. The summed E-state index contributed by atoms with van der Waals surface area (Å²) in [6.07, 6.45) is -21.1. The van der Waals surface area contributed by atoms with Gasteiger partial charge < -0.3 is 143 Å². The van der Waals surface area contributed by atoms with Crippen molar-refractivity contribution in [3.63, 3.8) is 0 Å². The molecule has 0 rings (SSSR count). The molecule has 0 aliphatic heterocycles. The number of aliphatic hydroxyl groups is 10. The standard InChI is InChI=1S/C108H206N12O30/c1-31-112(32-2)52-80(122)62-142-90(132)100(21,22)71-102(24,92(134)144-64-82(124)54-114(35-5)36-6)73-104(26,94(136)146-66-84(126)56-116(39-9)40-10)75-106(28,96(138)148-68-86(128)58-118(43-13)44-14)77-108(30,98(140)150-70-88(130)60-120(47-17)48-18)78-107(29,97(139)149-69-87(129)59-119(45-15)46-16)76-105(27,95(137)147-67-85(127)57-117(41-11)42-12)74-103(25,93(135)145-65-83(125)55-115(37-7)38-8)72-101(23,91(133)143-63-81(123)53-113(33-3)34-4)50-49-99(19,20)89(131)141-61-79(121)51-110-111-109/h79-88,121-130H,31-78H2,1-30H3. The zero-order chi connectivity index (χ0) is 115. The van der Waals surface area contributed by atoms with Crippen molar-refractivity contribution in [3.8, 4) is 0 Å². The Balaban J connectivity index is 11.4. The maximum Gasteiger partial charge on any atom is 0.311 e. The summed E-state index contributed by atoms with van der Waals surface area (Å²) in [5.74, 6) is -11.3. The fourth-order valence-electron chi connectivity index (χ4n) is 20.7. The molecule has 0 radical (unpaired) electrons. The van der Waals surface area contributed by atoms with Gasteiger partial charge in [-0.1, -0.05) is 130 Å². The molecule has 0 fully saturated rings. The van der Waals surface area contributed by atoms with Crippen molar-refractivity contribution in [1.29, 1.82) is 0 Å². The number of esters is 10. The van der Waals surface area contributed by atoms with Gasteiger partial charge in [0, 0.05) is 63.8 Å². The van der Waals surface area contributed by atoms with Gasteiger partial charge in [0.25, 0.3) is 0 Å². The normalized spacial score (nSPS) is 17.6. The smallest absolute Gasteiger partial charge is 0.311 e. The van der Waals surface area contributed by atoms with Crippen molar-refractivity contribution in [2.24, 2.45) is 59.3 Å². The van der Waals surface area contributed by atoms with Crippen molar-refractivity contribution in [1.82, 2.24) is 44.1 Å². The van der Waals surface area contributed by atoms with Crippen molar-refractivity contribution in [2.45, 2.75) is 333 Å². The van der Waals surface area contributed by atoms with E-state index < -0.39 is 299 Å². The molecule has 150 heavy (non-hydrogen) atoms. The van der Waals surface area contributed by atoms with Gasteiger partial charge in [-0.25, -0.2) is 0 Å². The fourth-order valence-corrected chi connectivity index (χ4v) is 20.7. The van der Waals surface area contributed by atoms with Crippen LogP contribution in [-0.2, 0) is 95.3 Å². The number of likely N-dealkylation sites (N-methyl/N-ethyl adjacent to an activating group) is 9. The monoisotopic (exact) mass is 2150 g/mol. The Bertz CT molecular complexity index is 3920. The van der Waals surface area contributed by atoms with Crippen molar-refractivity contribution < 1.29 is 146 Å². The third-order valence-electron chi connectivity index (χ3n) is 29.3. The molecule has 0 aliphatic carbocycles. The second-order valence-electron chi connectivity index (χ2n) is 44.5. The summed E-state index contributed by atoms with van der Waals surface area (Å²) in [6.45, 7) is 51.2. The molecule has 42 heteroatoms. The summed E-state index contributed by atoms with van der Waals surface area (Å²) in [5, 5.41) is 121. The minimum atomic E-state index is -2.53. The van der Waals surface area contributed by atoms with E-state index in [0.717, 1.165) is 0 Å². The molecule has 18 atom stereocenters. The van der Waals surface area contributed by atoms with Crippen LogP contribution < -0.4 is 0 Å². The summed E-state index contributed by atoms with van der Waals surface area (Å²) >= 11 is 0. The molecule has 0 saturated carbocycles. The number of nitrogens with zero attached hydrogens (tertiary/aromatic N) is 12. The van der Waals surface area contributed by atoms with Crippen molar-refractivity contribution >= 4 is 59.7 Å². The first-order valence-electron chi connectivity index (χ1n) is 55.1. The molecular weight excluding hydrogens is 1950 g/mol. The predicted molar refractivity (Wildman–Crippen MR) is 572 cm³/mol. The Labute approximate surface area is 897 Å². The van der Waals surface area contributed by atoms with E-state index in [0.29, 0.717) is 118 Å². The zero-order valence-electron chi connectivity index (χ0n) is 97.7. The first-order valence-corrected chi connectivity index (χ1v) is 55.1. The molecule has 18 unspecified atom stereocenters. The highest BCUT2D eigenvalue weighted by Gasteiger charge is 2.62. The van der Waals surface area contributed by atoms with Gasteiger partial charge in [-0.15, -0.1) is 0 Å². The first-order chi connectivity index (χ1) is 70.0. The third-order valence-corrected chi connectivity index (χ3v) is 29.3. The van der Waals surface area contributed by atoms with E-state index in [1.54, 1.807) is 0 Å². The van der Waals surface area contributed by atoms with E-state index in [1.165, 1.54) is 83.1 Å². The highest BCUT2D eigenvalue weighted by atomic mass is 16.6. The zero-order valence-corrected chi connectivity index (χ0v) is 97.7. The summed E-state index contributed by atoms with van der Waals surface area (Å²) < 4.78 is 61.9. The van der Waals surface area contributed by atoms with E-state index in [1.807, 2.05) is 169 Å². The van der Waals surface area contributed by atoms with E-state index in [9.17, 15) is 60.7 Å². The lowest BCUT2D eigenvalue weighted by molar-refractivity contribution is -0.181. The van der Waals surface area contributed by atoms with Crippen LogP contribution >= 0.6 is 0 Å². The second-order valence-corrected chi connectivity index (χ2v) is 44.5. The highest BCUT2D eigenvalue weighted by molar-refractivity contribution is 5.88. The molecule has 0 aliphatic rings. The second kappa shape index (κ2) is 70.8. The Morgan fingerprint density at radius 2 is 0.340 bits per heavy atom. The molecule has 0 aromatic carbocycles. The highest BCUT2D eigenvalue weighted by Crippen LogP contribution is 2.57. The van der Waals surface area contributed by atoms with Gasteiger partial charge in [-0.2, -0.15) is 0 Å². The molecule has 0 saturated heterocycles. The molecule has 42 nitrogen and oxygen atoms in total. The SMILES string of the molecule is CCN(CC)CC(O)COC(=O)C(C)(C)CC(C)(CC(C)(CC(C)(CC(C)(CC(C)(CC(C)(CC(C)(CC(C)(CCC(C)(C)C(=O)OCC(O)CN=[N+]=[N-])C(=O)OCC(O)CN(CC)CC)C(=O)OCC(O)CN(CC)CC)C(=O)OCC(O)CN(CC)CC)C(=O)OCC(O)CN(CC)CC)C(=O)OCC(O)CN(CC)CC)C(=O)OCC(O)CN(CC)CC)C(=O)OCC(O)CN(CC)CC)C(=O)OCC(O)CN(CC)CC. The molecule has 0 spiro atoms. The Morgan fingerprint density at radius 1 is 0.207 bits per heavy atom. The van der Waals surface area contributed by atoms with E-state index in [4.69, 9.17) is 52.9 Å². The van der Waals surface area contributed by atoms with Gasteiger partial charge >= 0.3 is 59.7 Å². The Kier molecular flexibility index (Phi) is 67.6. The number of carbonyl (C=O) groups excluding carboxylic acids is 10. The Hall–Kier alpha value is -6.75. The van der Waals surface area contributed by atoms with Gasteiger partial charge in [0.15, 0.2) is 0 Å². The van der Waals surface area contributed by atoms with Gasteiger partial charge in [0.1, 0.15) is 121 Å². The van der Waals surface area contributed by atoms with E-state index in [-0.39, 0.29) is 71.7 Å². The van der Waals surface area contributed by atoms with Gasteiger partial charge in [0.2, 0.25) is 0 Å². The predicted octanol–water partition coefficient (Wildman–Crippen LogP) is 7.42. The van der Waals surface area contributed by atoms with Crippen LogP contribution in [0.3, 0.4) is 0 Å². The average Bonchev–Trinajstić information content (AvgIpc) is 0.746. The van der Waals surface area contributed by atoms with Crippen LogP contribution in [0, 0.1) is 54.1 Å². The van der Waals surface area contributed by atoms with E-state index in [2.05, 4.69) is 10.0 Å². The number of aliphatic hydroxyl groups excluding tert-OH is 10. The topological polar surface area (TPSA) is 543 Å². The molecular formula is C108H206N12O30. The fraction of sp³-hybridized carbons (Fsp3) is 0.907. The lowest BCUT2D eigenvalue weighted by Gasteiger charge is -2.47. The Morgan fingerprint density at radius 3 is 0.500 bits per heavy atom. The number of hydrogen-bond donors (Lipinski definition) is 10. The van der Waals surface area contributed by atoms with Crippen LogP contribution in [-0.4, -0.2) is 465 Å². The first kappa shape index (κ1) is 143. The van der Waals surface area contributed by atoms with Crippen LogP contribution in [0.1, 0.15) is 272 Å². The summed E-state index contributed by atoms with van der Waals surface area (Å²) in [6, 6.07) is 0. The molecule has 0 aromatic rings. The number of ether oxygens (including phenoxy) is 10. The molecule has 10 N–H and O–H groups in total. The van der Waals surface area contributed by atoms with Crippen LogP contribution in [0.4, 0.5) is 0 Å². The number of hydrogen-bond acceptors (Lipinski definition) is 40. The third kappa shape index (κ3) is 50.6. The van der Waals surface area contributed by atoms with E-state index >= 15 is 38.4 Å². The lowest BCUT2D eigenvalue weighted by atomic mass is 9.56. The number of azide groups is 1. The van der Waals surface area contributed by atoms with Gasteiger partial charge in [-0.05, 0) is 271 Å². The summed E-state index contributed by atoms with van der Waals surface area (Å²) in [4.78, 5) is 181. The molecule has 878 valence electrons. The minimum absolute atomic E-state index is 0.0235. The van der Waals surface area contributed by atoms with Gasteiger partial charge in [0.05, 0.1) is 66.8 Å². The van der Waals surface area contributed by atoms with Crippen LogP contribution in [0.25, 0.3) is 10.4 Å². The lowest BCUT2D eigenvalue weighted by Crippen LogP contribution is -2.52.